The number of rotatable bonds is 1. The van der Waals surface area contributed by atoms with Gasteiger partial charge in [-0.15, -0.1) is 11.3 Å². The third-order valence-electron chi connectivity index (χ3n) is 2.75. The normalized spacial score (nSPS) is 11.1. The first kappa shape index (κ1) is 11.6. The molecule has 2 aromatic heterocycles. The average molecular weight is 275 g/mol. The highest BCUT2D eigenvalue weighted by Gasteiger charge is 2.10. The molecule has 0 atom stereocenters. The van der Waals surface area contributed by atoms with Crippen LogP contribution in [0.1, 0.15) is 10.4 Å². The fourth-order valence-corrected chi connectivity index (χ4v) is 3.08. The molecule has 0 saturated carbocycles. The zero-order valence-electron chi connectivity index (χ0n) is 10.1. The number of hydrogen-bond donors (Lipinski definition) is 0. The van der Waals surface area contributed by atoms with Gasteiger partial charge in [0.15, 0.2) is 5.82 Å². The van der Waals surface area contributed by atoms with Crippen LogP contribution in [0.4, 0.5) is 0 Å². The van der Waals surface area contributed by atoms with Crippen LogP contribution in [0.25, 0.3) is 21.6 Å². The number of nitrogens with zero attached hydrogens (tertiary/aromatic N) is 2. The molecule has 0 saturated heterocycles. The molecule has 0 unspecified atom stereocenters. The van der Waals surface area contributed by atoms with Gasteiger partial charge in [0.25, 0.3) is 0 Å². The largest absolute Gasteiger partial charge is 0.217 e. The molecular weight excluding hydrogens is 264 g/mol. The lowest BCUT2D eigenvalue weighted by Crippen LogP contribution is -1.89. The number of aryl methyl sites for hydroxylation is 2. The van der Waals surface area contributed by atoms with Gasteiger partial charge >= 0.3 is 0 Å². The highest BCUT2D eigenvalue weighted by Crippen LogP contribution is 2.30. The zero-order chi connectivity index (χ0) is 12.7. The summed E-state index contributed by atoms with van der Waals surface area (Å²) in [6, 6.07) is 10.2. The average Bonchev–Trinajstić information content (AvgIpc) is 2.70. The number of benzene rings is 1. The van der Waals surface area contributed by atoms with Gasteiger partial charge in [0, 0.05) is 15.8 Å². The van der Waals surface area contributed by atoms with E-state index in [0.29, 0.717) is 11.0 Å². The van der Waals surface area contributed by atoms with E-state index in [1.54, 1.807) is 11.3 Å². The Morgan fingerprint density at radius 1 is 1.11 bits per heavy atom. The van der Waals surface area contributed by atoms with Crippen LogP contribution in [0.3, 0.4) is 0 Å². The molecule has 0 N–H and O–H groups in total. The Balaban J connectivity index is 2.24. The van der Waals surface area contributed by atoms with Gasteiger partial charge in [0.05, 0.1) is 0 Å². The van der Waals surface area contributed by atoms with Crippen molar-refractivity contribution in [3.8, 4) is 11.4 Å². The van der Waals surface area contributed by atoms with E-state index in [-0.39, 0.29) is 0 Å². The van der Waals surface area contributed by atoms with Crippen LogP contribution in [0.5, 0.6) is 0 Å². The molecule has 0 aliphatic carbocycles. The topological polar surface area (TPSA) is 25.8 Å². The molecule has 0 amide bonds. The van der Waals surface area contributed by atoms with Gasteiger partial charge < -0.3 is 0 Å². The summed E-state index contributed by atoms with van der Waals surface area (Å²) in [4.78, 5) is 11.1. The quantitative estimate of drug-likeness (QED) is 0.605. The minimum absolute atomic E-state index is 0.529. The van der Waals surface area contributed by atoms with Gasteiger partial charge in [-0.3, -0.25) is 0 Å². The summed E-state index contributed by atoms with van der Waals surface area (Å²) in [5, 5.41) is 1.47. The van der Waals surface area contributed by atoms with Gasteiger partial charge in [-0.1, -0.05) is 35.4 Å². The molecule has 2 nitrogen and oxygen atoms in total. The second kappa shape index (κ2) is 4.34. The van der Waals surface area contributed by atoms with Crippen LogP contribution in [-0.4, -0.2) is 9.97 Å². The lowest BCUT2D eigenvalue weighted by atomic mass is 10.1. The molecule has 3 rings (SSSR count). The third-order valence-corrected chi connectivity index (χ3v) is 3.98. The molecular formula is C14H11ClN2S. The smallest absolute Gasteiger partial charge is 0.162 e. The molecule has 0 radical (unpaired) electrons. The second-order valence-corrected chi connectivity index (χ2v) is 5.88. The molecule has 0 fully saturated rings. The predicted molar refractivity (Wildman–Crippen MR) is 77.3 cm³/mol. The fraction of sp³-hybridized carbons (Fsp3) is 0.143. The molecule has 0 aliphatic rings. The van der Waals surface area contributed by atoms with Crippen LogP contribution in [0, 0.1) is 13.8 Å². The van der Waals surface area contributed by atoms with E-state index in [0.717, 1.165) is 15.8 Å². The van der Waals surface area contributed by atoms with Crippen LogP contribution >= 0.6 is 22.9 Å². The van der Waals surface area contributed by atoms with Crippen molar-refractivity contribution in [3.63, 3.8) is 0 Å². The fourth-order valence-electron chi connectivity index (χ4n) is 1.92. The predicted octanol–water partition coefficient (Wildman–Crippen LogP) is 4.63. The number of aromatic nitrogens is 2. The first-order valence-electron chi connectivity index (χ1n) is 5.64. The van der Waals surface area contributed by atoms with Crippen LogP contribution in [0.15, 0.2) is 30.3 Å². The SMILES string of the molecule is Cc1cccc(-c2nc(Cl)c3cc(C)sc3n2)c1. The van der Waals surface area contributed by atoms with Gasteiger partial charge in [-0.25, -0.2) is 9.97 Å². The van der Waals surface area contributed by atoms with E-state index in [4.69, 9.17) is 11.6 Å². The molecule has 4 heteroatoms. The Morgan fingerprint density at radius 2 is 1.94 bits per heavy atom. The molecule has 18 heavy (non-hydrogen) atoms. The summed E-state index contributed by atoms with van der Waals surface area (Å²) >= 11 is 7.86. The summed E-state index contributed by atoms with van der Waals surface area (Å²) in [6.45, 7) is 4.11. The number of hydrogen-bond acceptors (Lipinski definition) is 3. The second-order valence-electron chi connectivity index (χ2n) is 4.28. The lowest BCUT2D eigenvalue weighted by molar-refractivity contribution is 1.23. The summed E-state index contributed by atoms with van der Waals surface area (Å²) in [7, 11) is 0. The van der Waals surface area contributed by atoms with Crippen molar-refractivity contribution in [1.82, 2.24) is 9.97 Å². The Labute approximate surface area is 114 Å². The maximum absolute atomic E-state index is 6.22. The maximum Gasteiger partial charge on any atom is 0.162 e. The highest BCUT2D eigenvalue weighted by molar-refractivity contribution is 7.18. The zero-order valence-corrected chi connectivity index (χ0v) is 11.6. The van der Waals surface area contributed by atoms with Gasteiger partial charge in [-0.2, -0.15) is 0 Å². The molecule has 1 aromatic carbocycles. The summed E-state index contributed by atoms with van der Waals surface area (Å²) in [6.07, 6.45) is 0. The molecule has 0 spiro atoms. The lowest BCUT2D eigenvalue weighted by Gasteiger charge is -2.02. The summed E-state index contributed by atoms with van der Waals surface area (Å²) in [5.74, 6) is 0.693. The Morgan fingerprint density at radius 3 is 2.72 bits per heavy atom. The summed E-state index contributed by atoms with van der Waals surface area (Å²) < 4.78 is 0. The van der Waals surface area contributed by atoms with Crippen molar-refractivity contribution in [2.45, 2.75) is 13.8 Å². The number of fused-ring (bicyclic) bond motifs is 1. The first-order valence-corrected chi connectivity index (χ1v) is 6.83. The van der Waals surface area contributed by atoms with Crippen LogP contribution in [0.2, 0.25) is 5.15 Å². The molecule has 90 valence electrons. The Kier molecular flexibility index (Phi) is 2.80. The molecule has 0 aliphatic heterocycles. The maximum atomic E-state index is 6.22. The van der Waals surface area contributed by atoms with Crippen molar-refractivity contribution < 1.29 is 0 Å². The van der Waals surface area contributed by atoms with Crippen molar-refractivity contribution in [3.05, 3.63) is 45.9 Å². The van der Waals surface area contributed by atoms with Crippen LogP contribution in [-0.2, 0) is 0 Å². The molecule has 0 bridgehead atoms. The molecule has 2 heterocycles. The minimum atomic E-state index is 0.529. The van der Waals surface area contributed by atoms with Gasteiger partial charge in [-0.05, 0) is 26.0 Å². The standard InChI is InChI=1S/C14H11ClN2S/c1-8-4-3-5-10(6-8)13-16-12(15)11-7-9(2)18-14(11)17-13/h3-7H,1-2H3. The first-order chi connectivity index (χ1) is 8.63. The summed E-state index contributed by atoms with van der Waals surface area (Å²) in [5.41, 5.74) is 2.19. The van der Waals surface area contributed by atoms with E-state index in [1.807, 2.05) is 18.2 Å². The van der Waals surface area contributed by atoms with E-state index < -0.39 is 0 Å². The van der Waals surface area contributed by atoms with E-state index >= 15 is 0 Å². The van der Waals surface area contributed by atoms with Crippen molar-refractivity contribution in [2.24, 2.45) is 0 Å². The molecule has 3 aromatic rings. The monoisotopic (exact) mass is 274 g/mol. The van der Waals surface area contributed by atoms with Gasteiger partial charge in [0.1, 0.15) is 9.98 Å². The van der Waals surface area contributed by atoms with Gasteiger partial charge in [0.2, 0.25) is 0 Å². The minimum Gasteiger partial charge on any atom is -0.217 e. The third kappa shape index (κ3) is 2.00. The number of halogens is 1. The van der Waals surface area contributed by atoms with Crippen LogP contribution < -0.4 is 0 Å². The Hall–Kier alpha value is -1.45. The van der Waals surface area contributed by atoms with E-state index in [9.17, 15) is 0 Å². The van der Waals surface area contributed by atoms with Crippen molar-refractivity contribution >= 4 is 33.2 Å². The highest BCUT2D eigenvalue weighted by atomic mass is 35.5. The number of thiophene rings is 1. The Bertz CT molecular complexity index is 734. The van der Waals surface area contributed by atoms with Crippen molar-refractivity contribution in [1.29, 1.82) is 0 Å². The van der Waals surface area contributed by atoms with Crippen molar-refractivity contribution in [2.75, 3.05) is 0 Å². The van der Waals surface area contributed by atoms with E-state index in [2.05, 4.69) is 35.9 Å². The van der Waals surface area contributed by atoms with E-state index in [1.165, 1.54) is 10.4 Å².